The predicted molar refractivity (Wildman–Crippen MR) is 113 cm³/mol. The lowest BCUT2D eigenvalue weighted by Gasteiger charge is -2.23. The number of carbonyl (C=O) groups is 4. The SMILES string of the molecule is CSCC[C@H](N)C(=O)N[C@@H](Cc1ccc(O)cc1)C(=O)N[C@@H](CCC(N)=O)C(=O)O. The molecule has 8 N–H and O–H groups in total. The van der Waals surface area contributed by atoms with Crippen LogP contribution in [0.3, 0.4) is 0 Å². The van der Waals surface area contributed by atoms with Gasteiger partial charge in [0.25, 0.3) is 0 Å². The Hall–Kier alpha value is -2.79. The second-order valence-electron chi connectivity index (χ2n) is 6.72. The Morgan fingerprint density at radius 2 is 1.63 bits per heavy atom. The highest BCUT2D eigenvalue weighted by Crippen LogP contribution is 2.12. The number of carboxylic acid groups (broad SMARTS) is 1. The fourth-order valence-electron chi connectivity index (χ4n) is 2.55. The summed E-state index contributed by atoms with van der Waals surface area (Å²) in [5.74, 6) is -2.57. The summed E-state index contributed by atoms with van der Waals surface area (Å²) in [5.41, 5.74) is 11.5. The topological polar surface area (TPSA) is 185 Å². The molecule has 1 rings (SSSR count). The summed E-state index contributed by atoms with van der Waals surface area (Å²) in [5, 5.41) is 23.6. The van der Waals surface area contributed by atoms with Gasteiger partial charge in [-0.05, 0) is 42.5 Å². The summed E-state index contributed by atoms with van der Waals surface area (Å²) in [6.45, 7) is 0. The van der Waals surface area contributed by atoms with Crippen molar-refractivity contribution in [1.82, 2.24) is 10.6 Å². The number of hydrogen-bond donors (Lipinski definition) is 6. The minimum atomic E-state index is -1.34. The normalized spacial score (nSPS) is 13.7. The second-order valence-corrected chi connectivity index (χ2v) is 7.71. The number of benzene rings is 1. The second kappa shape index (κ2) is 12.7. The Bertz CT molecular complexity index is 743. The van der Waals surface area contributed by atoms with E-state index in [1.54, 1.807) is 12.1 Å². The quantitative estimate of drug-likeness (QED) is 0.233. The summed E-state index contributed by atoms with van der Waals surface area (Å²) in [7, 11) is 0. The molecule has 0 radical (unpaired) electrons. The van der Waals surface area contributed by atoms with Crippen LogP contribution in [0.4, 0.5) is 0 Å². The van der Waals surface area contributed by atoms with Gasteiger partial charge in [-0.1, -0.05) is 12.1 Å². The van der Waals surface area contributed by atoms with Crippen LogP contribution >= 0.6 is 11.8 Å². The largest absolute Gasteiger partial charge is 0.508 e. The number of nitrogens with two attached hydrogens (primary N) is 2. The van der Waals surface area contributed by atoms with E-state index in [1.165, 1.54) is 23.9 Å². The molecule has 3 atom stereocenters. The van der Waals surface area contributed by atoms with E-state index in [9.17, 15) is 29.4 Å². The third-order valence-electron chi connectivity index (χ3n) is 4.27. The van der Waals surface area contributed by atoms with Crippen molar-refractivity contribution in [2.45, 2.75) is 43.8 Å². The molecule has 11 heteroatoms. The molecule has 0 bridgehead atoms. The van der Waals surface area contributed by atoms with Crippen LogP contribution in [0.15, 0.2) is 24.3 Å². The van der Waals surface area contributed by atoms with Gasteiger partial charge >= 0.3 is 5.97 Å². The van der Waals surface area contributed by atoms with E-state index in [2.05, 4.69) is 10.6 Å². The van der Waals surface area contributed by atoms with E-state index in [0.717, 1.165) is 0 Å². The first-order chi connectivity index (χ1) is 14.1. The van der Waals surface area contributed by atoms with Gasteiger partial charge in [0.2, 0.25) is 17.7 Å². The molecule has 0 spiro atoms. The van der Waals surface area contributed by atoms with Crippen molar-refractivity contribution in [1.29, 1.82) is 0 Å². The number of carbonyl (C=O) groups excluding carboxylic acids is 3. The van der Waals surface area contributed by atoms with E-state index in [4.69, 9.17) is 11.5 Å². The molecular weight excluding hydrogens is 412 g/mol. The van der Waals surface area contributed by atoms with Gasteiger partial charge in [-0.15, -0.1) is 0 Å². The number of carboxylic acids is 1. The standard InChI is InChI=1S/C19H28N4O6S/c1-30-9-8-13(20)17(26)23-15(10-11-2-4-12(24)5-3-11)18(27)22-14(19(28)29)6-7-16(21)25/h2-5,13-15,24H,6-10,20H2,1H3,(H2,21,25)(H,22,27)(H,23,26)(H,28,29)/t13-,14-,15-/m0/s1. The number of phenols is 1. The molecule has 10 nitrogen and oxygen atoms in total. The van der Waals surface area contributed by atoms with Crippen molar-refractivity contribution in [3.63, 3.8) is 0 Å². The zero-order valence-corrected chi connectivity index (χ0v) is 17.5. The van der Waals surface area contributed by atoms with Crippen LogP contribution in [0.2, 0.25) is 0 Å². The van der Waals surface area contributed by atoms with Gasteiger partial charge in [-0.2, -0.15) is 11.8 Å². The third-order valence-corrected chi connectivity index (χ3v) is 4.92. The van der Waals surface area contributed by atoms with E-state index in [0.29, 0.717) is 17.7 Å². The molecule has 0 aliphatic rings. The molecule has 0 aromatic heterocycles. The smallest absolute Gasteiger partial charge is 0.326 e. The van der Waals surface area contributed by atoms with E-state index in [1.807, 2.05) is 6.26 Å². The van der Waals surface area contributed by atoms with Crippen molar-refractivity contribution in [2.75, 3.05) is 12.0 Å². The van der Waals surface area contributed by atoms with Gasteiger partial charge in [0, 0.05) is 12.8 Å². The maximum absolute atomic E-state index is 12.7. The Kier molecular flexibility index (Phi) is 10.7. The van der Waals surface area contributed by atoms with Crippen molar-refractivity contribution >= 4 is 35.5 Å². The Labute approximate surface area is 178 Å². The zero-order chi connectivity index (χ0) is 22.7. The fourth-order valence-corrected chi connectivity index (χ4v) is 3.04. The van der Waals surface area contributed by atoms with Gasteiger partial charge in [-0.3, -0.25) is 14.4 Å². The van der Waals surface area contributed by atoms with Crippen LogP contribution in [-0.4, -0.2) is 64.0 Å². The van der Waals surface area contributed by atoms with Crippen LogP contribution < -0.4 is 22.1 Å². The summed E-state index contributed by atoms with van der Waals surface area (Å²) >= 11 is 1.53. The molecule has 30 heavy (non-hydrogen) atoms. The van der Waals surface area contributed by atoms with Crippen LogP contribution in [0.1, 0.15) is 24.8 Å². The van der Waals surface area contributed by atoms with Gasteiger partial charge in [0.1, 0.15) is 17.8 Å². The molecule has 0 aliphatic heterocycles. The molecule has 0 saturated carbocycles. The summed E-state index contributed by atoms with van der Waals surface area (Å²) in [6.07, 6.45) is 1.95. The Morgan fingerprint density at radius 3 is 2.17 bits per heavy atom. The lowest BCUT2D eigenvalue weighted by atomic mass is 10.0. The molecule has 0 heterocycles. The van der Waals surface area contributed by atoms with Crippen LogP contribution in [0.25, 0.3) is 0 Å². The zero-order valence-electron chi connectivity index (χ0n) is 16.7. The van der Waals surface area contributed by atoms with Gasteiger partial charge < -0.3 is 32.3 Å². The monoisotopic (exact) mass is 440 g/mol. The minimum Gasteiger partial charge on any atom is -0.508 e. The summed E-state index contributed by atoms with van der Waals surface area (Å²) < 4.78 is 0. The molecular formula is C19H28N4O6S. The molecule has 0 saturated heterocycles. The number of rotatable bonds is 13. The first kappa shape index (κ1) is 25.2. The Balaban J connectivity index is 2.94. The minimum absolute atomic E-state index is 0.0419. The number of phenolic OH excluding ortho intramolecular Hbond substituents is 1. The van der Waals surface area contributed by atoms with E-state index < -0.39 is 41.8 Å². The van der Waals surface area contributed by atoms with Crippen LogP contribution in [0, 0.1) is 0 Å². The average Bonchev–Trinajstić information content (AvgIpc) is 2.69. The predicted octanol–water partition coefficient (Wildman–Crippen LogP) is -0.665. The highest BCUT2D eigenvalue weighted by molar-refractivity contribution is 7.98. The van der Waals surface area contributed by atoms with Gasteiger partial charge in [0.05, 0.1) is 6.04 Å². The highest BCUT2D eigenvalue weighted by Gasteiger charge is 2.28. The number of amides is 3. The molecule has 3 amide bonds. The van der Waals surface area contributed by atoms with Crippen LogP contribution in [-0.2, 0) is 25.6 Å². The molecule has 1 aromatic rings. The number of aromatic hydroxyl groups is 1. The van der Waals surface area contributed by atoms with E-state index >= 15 is 0 Å². The number of nitrogens with one attached hydrogen (secondary N) is 2. The van der Waals surface area contributed by atoms with Crippen molar-refractivity contribution in [3.8, 4) is 5.75 Å². The fraction of sp³-hybridized carbons (Fsp3) is 0.474. The number of thioether (sulfide) groups is 1. The van der Waals surface area contributed by atoms with Gasteiger partial charge in [0.15, 0.2) is 0 Å². The average molecular weight is 441 g/mol. The molecule has 166 valence electrons. The van der Waals surface area contributed by atoms with Crippen LogP contribution in [0.5, 0.6) is 5.75 Å². The third kappa shape index (κ3) is 9.14. The van der Waals surface area contributed by atoms with Crippen molar-refractivity contribution < 1.29 is 29.4 Å². The molecule has 1 aromatic carbocycles. The summed E-state index contributed by atoms with van der Waals surface area (Å²) in [6, 6.07) is 2.77. The summed E-state index contributed by atoms with van der Waals surface area (Å²) in [4.78, 5) is 47.5. The van der Waals surface area contributed by atoms with E-state index in [-0.39, 0.29) is 25.0 Å². The highest BCUT2D eigenvalue weighted by atomic mass is 32.2. The Morgan fingerprint density at radius 1 is 1.03 bits per heavy atom. The van der Waals surface area contributed by atoms with Crippen molar-refractivity contribution in [2.24, 2.45) is 11.5 Å². The molecule has 0 unspecified atom stereocenters. The molecule has 0 fully saturated rings. The lowest BCUT2D eigenvalue weighted by molar-refractivity contribution is -0.142. The molecule has 0 aliphatic carbocycles. The lowest BCUT2D eigenvalue weighted by Crippen LogP contribution is -2.55. The van der Waals surface area contributed by atoms with Crippen molar-refractivity contribution in [3.05, 3.63) is 29.8 Å². The van der Waals surface area contributed by atoms with Gasteiger partial charge in [-0.25, -0.2) is 4.79 Å². The maximum atomic E-state index is 12.7. The first-order valence-electron chi connectivity index (χ1n) is 9.28. The maximum Gasteiger partial charge on any atom is 0.326 e. The number of hydrogen-bond acceptors (Lipinski definition) is 7. The number of aliphatic carboxylic acids is 1. The number of primary amides is 1. The first-order valence-corrected chi connectivity index (χ1v) is 10.7.